The molecule has 1 saturated carbocycles. The average Bonchev–Trinajstić information content (AvgIpc) is 2.80. The summed E-state index contributed by atoms with van der Waals surface area (Å²) in [6.45, 7) is 1.81. The van der Waals surface area contributed by atoms with Crippen molar-refractivity contribution in [1.82, 2.24) is 0 Å². The minimum absolute atomic E-state index is 0.0973. The summed E-state index contributed by atoms with van der Waals surface area (Å²) in [6.07, 6.45) is 6.64. The molecule has 0 bridgehead atoms. The number of carbonyl (C=O) groups is 2. The molecular formula is C19H22O3. The van der Waals surface area contributed by atoms with Crippen LogP contribution in [0.5, 0.6) is 5.75 Å². The highest BCUT2D eigenvalue weighted by molar-refractivity contribution is 6.12. The first-order valence-corrected chi connectivity index (χ1v) is 7.97. The fraction of sp³-hybridized carbons (Fsp3) is 0.474. The molecule has 0 atom stereocenters. The summed E-state index contributed by atoms with van der Waals surface area (Å²) < 4.78 is 5.29. The Morgan fingerprint density at radius 3 is 2.55 bits per heavy atom. The summed E-state index contributed by atoms with van der Waals surface area (Å²) >= 11 is 0. The SMILES string of the molecule is COc1ccc2c(c1)CCC/C2=C\CC1(C)C(=O)CCC1=O. The average molecular weight is 298 g/mol. The van der Waals surface area contributed by atoms with Crippen LogP contribution in [-0.2, 0) is 16.0 Å². The first-order chi connectivity index (χ1) is 10.5. The molecule has 1 aromatic carbocycles. The maximum Gasteiger partial charge on any atom is 0.146 e. The lowest BCUT2D eigenvalue weighted by Gasteiger charge is -2.22. The molecule has 0 N–H and O–H groups in total. The lowest BCUT2D eigenvalue weighted by atomic mass is 9.80. The number of allylic oxidation sites excluding steroid dienone is 2. The van der Waals surface area contributed by atoms with E-state index in [4.69, 9.17) is 4.74 Å². The third-order valence-corrected chi connectivity index (χ3v) is 5.12. The lowest BCUT2D eigenvalue weighted by molar-refractivity contribution is -0.133. The van der Waals surface area contributed by atoms with Crippen molar-refractivity contribution < 1.29 is 14.3 Å². The van der Waals surface area contributed by atoms with Crippen molar-refractivity contribution in [2.24, 2.45) is 5.41 Å². The monoisotopic (exact) mass is 298 g/mol. The number of Topliss-reactive ketones (excluding diaryl/α,β-unsaturated/α-hetero) is 2. The van der Waals surface area contributed by atoms with Crippen molar-refractivity contribution >= 4 is 17.1 Å². The van der Waals surface area contributed by atoms with Crippen LogP contribution < -0.4 is 4.74 Å². The van der Waals surface area contributed by atoms with Crippen molar-refractivity contribution in [3.05, 3.63) is 35.4 Å². The van der Waals surface area contributed by atoms with Crippen molar-refractivity contribution in [2.75, 3.05) is 7.11 Å². The van der Waals surface area contributed by atoms with Gasteiger partial charge >= 0.3 is 0 Å². The van der Waals surface area contributed by atoms with E-state index in [1.807, 2.05) is 6.07 Å². The molecule has 22 heavy (non-hydrogen) atoms. The minimum Gasteiger partial charge on any atom is -0.497 e. The van der Waals surface area contributed by atoms with E-state index in [2.05, 4.69) is 18.2 Å². The lowest BCUT2D eigenvalue weighted by Crippen LogP contribution is -2.28. The van der Waals surface area contributed by atoms with Gasteiger partial charge in [0.25, 0.3) is 0 Å². The molecule has 3 rings (SSSR count). The largest absolute Gasteiger partial charge is 0.497 e. The fourth-order valence-corrected chi connectivity index (χ4v) is 3.52. The number of rotatable bonds is 3. The molecule has 0 spiro atoms. The van der Waals surface area contributed by atoms with E-state index in [0.29, 0.717) is 19.3 Å². The van der Waals surface area contributed by atoms with E-state index in [1.54, 1.807) is 14.0 Å². The van der Waals surface area contributed by atoms with Crippen LogP contribution in [0.15, 0.2) is 24.3 Å². The molecule has 1 aromatic rings. The Balaban J connectivity index is 1.88. The second-order valence-corrected chi connectivity index (χ2v) is 6.49. The second kappa shape index (κ2) is 5.71. The molecule has 0 amide bonds. The summed E-state index contributed by atoms with van der Waals surface area (Å²) in [7, 11) is 1.68. The quantitative estimate of drug-likeness (QED) is 0.798. The summed E-state index contributed by atoms with van der Waals surface area (Å²) in [5.41, 5.74) is 3.01. The summed E-state index contributed by atoms with van der Waals surface area (Å²) in [6, 6.07) is 6.17. The summed E-state index contributed by atoms with van der Waals surface area (Å²) in [5, 5.41) is 0. The highest BCUT2D eigenvalue weighted by Gasteiger charge is 2.44. The maximum absolute atomic E-state index is 12.0. The molecule has 0 saturated heterocycles. The maximum atomic E-state index is 12.0. The Kier molecular flexibility index (Phi) is 3.90. The van der Waals surface area contributed by atoms with Gasteiger partial charge in [-0.15, -0.1) is 0 Å². The van der Waals surface area contributed by atoms with Gasteiger partial charge in [-0.2, -0.15) is 0 Å². The van der Waals surface area contributed by atoms with Crippen LogP contribution in [0.3, 0.4) is 0 Å². The molecule has 0 radical (unpaired) electrons. The van der Waals surface area contributed by atoms with Gasteiger partial charge in [0.15, 0.2) is 0 Å². The van der Waals surface area contributed by atoms with E-state index >= 15 is 0 Å². The Morgan fingerprint density at radius 1 is 1.14 bits per heavy atom. The van der Waals surface area contributed by atoms with Gasteiger partial charge in [0, 0.05) is 12.8 Å². The molecule has 2 aliphatic rings. The van der Waals surface area contributed by atoms with E-state index in [-0.39, 0.29) is 11.6 Å². The molecule has 1 fully saturated rings. The number of aryl methyl sites for hydroxylation is 1. The van der Waals surface area contributed by atoms with E-state index < -0.39 is 5.41 Å². The number of hydrogen-bond acceptors (Lipinski definition) is 3. The normalized spacial score (nSPS) is 22.0. The predicted octanol–water partition coefficient (Wildman–Crippen LogP) is 3.74. The van der Waals surface area contributed by atoms with Gasteiger partial charge in [-0.25, -0.2) is 0 Å². The van der Waals surface area contributed by atoms with Crippen molar-refractivity contribution in [3.8, 4) is 5.75 Å². The molecular weight excluding hydrogens is 276 g/mol. The third-order valence-electron chi connectivity index (χ3n) is 5.12. The van der Waals surface area contributed by atoms with Crippen LogP contribution in [0, 0.1) is 5.41 Å². The molecule has 0 unspecified atom stereocenters. The zero-order valence-corrected chi connectivity index (χ0v) is 13.3. The molecule has 3 heteroatoms. The van der Waals surface area contributed by atoms with Crippen molar-refractivity contribution in [2.45, 2.75) is 45.4 Å². The predicted molar refractivity (Wildman–Crippen MR) is 85.9 cm³/mol. The Hall–Kier alpha value is -1.90. The van der Waals surface area contributed by atoms with Gasteiger partial charge in [0.05, 0.1) is 12.5 Å². The number of fused-ring (bicyclic) bond motifs is 1. The molecule has 2 aliphatic carbocycles. The number of ether oxygens (including phenoxy) is 1. The third kappa shape index (κ3) is 2.49. The number of methoxy groups -OCH3 is 1. The van der Waals surface area contributed by atoms with E-state index in [9.17, 15) is 9.59 Å². The van der Waals surface area contributed by atoms with Gasteiger partial charge in [-0.05, 0) is 61.4 Å². The van der Waals surface area contributed by atoms with Crippen LogP contribution in [0.4, 0.5) is 0 Å². The molecule has 0 aliphatic heterocycles. The van der Waals surface area contributed by atoms with Crippen LogP contribution in [0.1, 0.15) is 50.2 Å². The smallest absolute Gasteiger partial charge is 0.146 e. The van der Waals surface area contributed by atoms with Gasteiger partial charge in [0.2, 0.25) is 0 Å². The van der Waals surface area contributed by atoms with Gasteiger partial charge in [0.1, 0.15) is 17.3 Å². The van der Waals surface area contributed by atoms with Crippen LogP contribution in [0.2, 0.25) is 0 Å². The Morgan fingerprint density at radius 2 is 1.86 bits per heavy atom. The van der Waals surface area contributed by atoms with Crippen LogP contribution >= 0.6 is 0 Å². The van der Waals surface area contributed by atoms with E-state index in [1.165, 1.54) is 16.7 Å². The number of hydrogen-bond donors (Lipinski definition) is 0. The van der Waals surface area contributed by atoms with Crippen molar-refractivity contribution in [1.29, 1.82) is 0 Å². The van der Waals surface area contributed by atoms with Gasteiger partial charge < -0.3 is 4.74 Å². The van der Waals surface area contributed by atoms with Gasteiger partial charge in [-0.1, -0.05) is 12.1 Å². The molecule has 116 valence electrons. The zero-order valence-electron chi connectivity index (χ0n) is 13.3. The standard InChI is InChI=1S/C19H22O3/c1-19(17(20)8-9-18(19)21)11-10-13-4-3-5-14-12-15(22-2)6-7-16(13)14/h6-7,10,12H,3-5,8-9,11H2,1-2H3/b13-10+. The van der Waals surface area contributed by atoms with Gasteiger partial charge in [-0.3, -0.25) is 9.59 Å². The second-order valence-electron chi connectivity index (χ2n) is 6.49. The Labute approximate surface area is 131 Å². The molecule has 3 nitrogen and oxygen atoms in total. The van der Waals surface area contributed by atoms with Crippen molar-refractivity contribution in [3.63, 3.8) is 0 Å². The molecule has 0 heterocycles. The number of ketones is 2. The summed E-state index contributed by atoms with van der Waals surface area (Å²) in [5.74, 6) is 1.08. The first kappa shape index (κ1) is 15.0. The first-order valence-electron chi connectivity index (χ1n) is 7.97. The minimum atomic E-state index is -0.795. The topological polar surface area (TPSA) is 43.4 Å². The fourth-order valence-electron chi connectivity index (χ4n) is 3.52. The van der Waals surface area contributed by atoms with Crippen LogP contribution in [0.25, 0.3) is 5.57 Å². The number of benzene rings is 1. The number of carbonyl (C=O) groups excluding carboxylic acids is 2. The summed E-state index contributed by atoms with van der Waals surface area (Å²) in [4.78, 5) is 24.1. The van der Waals surface area contributed by atoms with Crippen LogP contribution in [-0.4, -0.2) is 18.7 Å². The van der Waals surface area contributed by atoms with E-state index in [0.717, 1.165) is 25.0 Å². The highest BCUT2D eigenvalue weighted by Crippen LogP contribution is 2.38. The highest BCUT2D eigenvalue weighted by atomic mass is 16.5. The Bertz CT molecular complexity index is 639. The zero-order chi connectivity index (χ0) is 15.7. The molecule has 0 aromatic heterocycles.